The molecule has 2 heterocycles. The molecule has 0 spiro atoms. The van der Waals surface area contributed by atoms with Crippen LogP contribution in [0.15, 0.2) is 34.2 Å². The molecule has 27 heavy (non-hydrogen) atoms. The maximum atomic E-state index is 12.0. The van der Waals surface area contributed by atoms with Crippen molar-refractivity contribution in [2.24, 2.45) is 0 Å². The van der Waals surface area contributed by atoms with E-state index in [-0.39, 0.29) is 12.5 Å². The molecule has 1 aromatic carbocycles. The molecule has 0 bridgehead atoms. The molecule has 0 aliphatic rings. The van der Waals surface area contributed by atoms with Gasteiger partial charge in [0, 0.05) is 10.4 Å². The first kappa shape index (κ1) is 18.7. The van der Waals surface area contributed by atoms with Crippen LogP contribution in [0.3, 0.4) is 0 Å². The third-order valence-corrected chi connectivity index (χ3v) is 4.62. The highest BCUT2D eigenvalue weighted by molar-refractivity contribution is 7.10. The van der Waals surface area contributed by atoms with Gasteiger partial charge in [-0.3, -0.25) is 4.79 Å². The summed E-state index contributed by atoms with van der Waals surface area (Å²) in [6.45, 7) is 0.154. The molecule has 1 N–H and O–H groups in total. The molecule has 1 amide bonds. The van der Waals surface area contributed by atoms with Crippen molar-refractivity contribution in [1.29, 1.82) is 0 Å². The molecule has 8 nitrogen and oxygen atoms in total. The Morgan fingerprint density at radius 2 is 1.93 bits per heavy atom. The van der Waals surface area contributed by atoms with Crippen LogP contribution in [-0.2, 0) is 17.8 Å². The minimum Gasteiger partial charge on any atom is -0.493 e. The number of hydrogen-bond acceptors (Lipinski definition) is 8. The Kier molecular flexibility index (Phi) is 5.92. The monoisotopic (exact) mass is 389 g/mol. The van der Waals surface area contributed by atoms with E-state index in [4.69, 9.17) is 18.7 Å². The highest BCUT2D eigenvalue weighted by atomic mass is 32.1. The lowest BCUT2D eigenvalue weighted by atomic mass is 10.1. The number of thiophene rings is 1. The second kappa shape index (κ2) is 8.54. The lowest BCUT2D eigenvalue weighted by Crippen LogP contribution is -2.24. The number of hydrogen-bond donors (Lipinski definition) is 1. The molecule has 0 atom stereocenters. The summed E-state index contributed by atoms with van der Waals surface area (Å²) in [6.07, 6.45) is 0.325. The van der Waals surface area contributed by atoms with Crippen molar-refractivity contribution in [3.63, 3.8) is 0 Å². The van der Waals surface area contributed by atoms with E-state index in [2.05, 4.69) is 15.5 Å². The van der Waals surface area contributed by atoms with Crippen LogP contribution < -0.4 is 19.5 Å². The van der Waals surface area contributed by atoms with Crippen LogP contribution in [0, 0.1) is 0 Å². The molecule has 0 aliphatic heterocycles. The molecule has 142 valence electrons. The zero-order valence-electron chi connectivity index (χ0n) is 15.1. The zero-order chi connectivity index (χ0) is 19.2. The molecular formula is C18H19N3O5S. The fourth-order valence-corrected chi connectivity index (χ4v) is 3.17. The van der Waals surface area contributed by atoms with Crippen molar-refractivity contribution in [2.45, 2.75) is 13.0 Å². The summed E-state index contributed by atoms with van der Waals surface area (Å²) in [5.74, 6) is 2.01. The summed E-state index contributed by atoms with van der Waals surface area (Å²) in [7, 11) is 4.60. The maximum absolute atomic E-state index is 12.0. The fourth-order valence-electron chi connectivity index (χ4n) is 2.46. The number of nitrogens with zero attached hydrogens (tertiary/aromatic N) is 2. The van der Waals surface area contributed by atoms with Crippen molar-refractivity contribution >= 4 is 17.2 Å². The second-order valence-electron chi connectivity index (χ2n) is 5.46. The van der Waals surface area contributed by atoms with E-state index in [1.165, 1.54) is 32.7 Å². The van der Waals surface area contributed by atoms with Gasteiger partial charge in [0.05, 0.1) is 34.3 Å². The molecule has 9 heteroatoms. The summed E-state index contributed by atoms with van der Waals surface area (Å²) in [5, 5.41) is 8.66. The van der Waals surface area contributed by atoms with Gasteiger partial charge in [0.25, 0.3) is 0 Å². The van der Waals surface area contributed by atoms with Crippen LogP contribution in [-0.4, -0.2) is 37.4 Å². The van der Waals surface area contributed by atoms with Crippen molar-refractivity contribution in [1.82, 2.24) is 15.5 Å². The number of aromatic nitrogens is 2. The molecule has 0 fully saturated rings. The third kappa shape index (κ3) is 4.37. The molecule has 3 rings (SSSR count). The van der Waals surface area contributed by atoms with Gasteiger partial charge < -0.3 is 24.1 Å². The van der Waals surface area contributed by atoms with Gasteiger partial charge in [-0.25, -0.2) is 0 Å². The zero-order valence-corrected chi connectivity index (χ0v) is 16.0. The second-order valence-corrected chi connectivity index (χ2v) is 6.49. The number of carbonyl (C=O) groups is 1. The van der Waals surface area contributed by atoms with Gasteiger partial charge in [0.15, 0.2) is 11.5 Å². The van der Waals surface area contributed by atoms with Crippen molar-refractivity contribution in [2.75, 3.05) is 21.3 Å². The molecule has 3 aromatic rings. The van der Waals surface area contributed by atoms with Crippen LogP contribution in [0.5, 0.6) is 17.2 Å². The first-order chi connectivity index (χ1) is 13.1. The normalized spacial score (nSPS) is 10.5. The van der Waals surface area contributed by atoms with Gasteiger partial charge in [-0.1, -0.05) is 11.2 Å². The summed E-state index contributed by atoms with van der Waals surface area (Å²) in [6, 6.07) is 7.28. The predicted octanol–water partition coefficient (Wildman–Crippen LogP) is 2.68. The predicted molar refractivity (Wildman–Crippen MR) is 99.3 cm³/mol. The number of carbonyl (C=O) groups excluding carboxylic acids is 1. The van der Waals surface area contributed by atoms with Gasteiger partial charge in [-0.2, -0.15) is 4.98 Å². The van der Waals surface area contributed by atoms with Gasteiger partial charge in [-0.05, 0) is 23.6 Å². The number of methoxy groups -OCH3 is 3. The molecule has 0 unspecified atom stereocenters. The van der Waals surface area contributed by atoms with Crippen LogP contribution in [0.2, 0.25) is 0 Å². The smallest absolute Gasteiger partial charge is 0.246 e. The van der Waals surface area contributed by atoms with Crippen molar-refractivity contribution in [3.05, 3.63) is 40.4 Å². The Morgan fingerprint density at radius 1 is 1.19 bits per heavy atom. The van der Waals surface area contributed by atoms with E-state index in [1.807, 2.05) is 17.5 Å². The van der Waals surface area contributed by atoms with Crippen LogP contribution >= 0.6 is 11.3 Å². The summed E-state index contributed by atoms with van der Waals surface area (Å²) < 4.78 is 21.2. The number of benzene rings is 1. The molecule has 2 aromatic heterocycles. The van der Waals surface area contributed by atoms with Crippen LogP contribution in [0.4, 0.5) is 0 Å². The fraction of sp³-hybridized carbons (Fsp3) is 0.278. The van der Waals surface area contributed by atoms with E-state index in [0.717, 1.165) is 4.88 Å². The van der Waals surface area contributed by atoms with Crippen LogP contribution in [0.1, 0.15) is 10.8 Å². The minimum atomic E-state index is -0.106. The molecular weight excluding hydrogens is 370 g/mol. The SMILES string of the molecule is COc1cc(-c2noc(CNC(=O)Cc3cccs3)n2)cc(OC)c1OC. The average molecular weight is 389 g/mol. The van der Waals surface area contributed by atoms with E-state index in [9.17, 15) is 4.79 Å². The Morgan fingerprint density at radius 3 is 2.52 bits per heavy atom. The Bertz CT molecular complexity index is 883. The standard InChI is InChI=1S/C18H19N3O5S/c1-23-13-7-11(8-14(24-2)17(13)25-3)18-20-16(26-21-18)10-19-15(22)9-12-5-4-6-27-12/h4-8H,9-10H2,1-3H3,(H,19,22). The Labute approximate surface area is 160 Å². The van der Waals surface area contributed by atoms with Crippen molar-refractivity contribution in [3.8, 4) is 28.6 Å². The van der Waals surface area contributed by atoms with E-state index < -0.39 is 0 Å². The van der Waals surface area contributed by atoms with Gasteiger partial charge in [0.2, 0.25) is 23.4 Å². The van der Waals surface area contributed by atoms with Crippen LogP contribution in [0.25, 0.3) is 11.4 Å². The summed E-state index contributed by atoms with van der Waals surface area (Å²) >= 11 is 1.54. The molecule has 0 saturated carbocycles. The third-order valence-electron chi connectivity index (χ3n) is 3.74. The number of rotatable bonds is 8. The van der Waals surface area contributed by atoms with E-state index in [1.54, 1.807) is 12.1 Å². The molecule has 0 radical (unpaired) electrons. The lowest BCUT2D eigenvalue weighted by Gasteiger charge is -2.12. The quantitative estimate of drug-likeness (QED) is 0.633. The van der Waals surface area contributed by atoms with Gasteiger partial charge in [0.1, 0.15) is 0 Å². The average Bonchev–Trinajstić information content (AvgIpc) is 3.37. The largest absolute Gasteiger partial charge is 0.493 e. The van der Waals surface area contributed by atoms with Gasteiger partial charge in [-0.15, -0.1) is 11.3 Å². The van der Waals surface area contributed by atoms with E-state index >= 15 is 0 Å². The first-order valence-corrected chi connectivity index (χ1v) is 8.94. The summed E-state index contributed by atoms with van der Waals surface area (Å²) in [5.41, 5.74) is 0.643. The van der Waals surface area contributed by atoms with E-state index in [0.29, 0.717) is 40.9 Å². The topological polar surface area (TPSA) is 95.7 Å². The highest BCUT2D eigenvalue weighted by Crippen LogP contribution is 2.40. The van der Waals surface area contributed by atoms with Gasteiger partial charge >= 0.3 is 0 Å². The maximum Gasteiger partial charge on any atom is 0.246 e. The minimum absolute atomic E-state index is 0.106. The number of amides is 1. The van der Waals surface area contributed by atoms with Crippen molar-refractivity contribution < 1.29 is 23.5 Å². The summed E-state index contributed by atoms with van der Waals surface area (Å²) in [4.78, 5) is 17.3. The number of ether oxygens (including phenoxy) is 3. The molecule has 0 saturated heterocycles. The first-order valence-electron chi connectivity index (χ1n) is 8.06. The Hall–Kier alpha value is -3.07. The number of nitrogens with one attached hydrogen (secondary N) is 1. The Balaban J connectivity index is 1.71. The highest BCUT2D eigenvalue weighted by Gasteiger charge is 2.17. The molecule has 0 aliphatic carbocycles. The lowest BCUT2D eigenvalue weighted by molar-refractivity contribution is -0.120.